The largest absolute Gasteiger partial charge is 0.360 e. The van der Waals surface area contributed by atoms with Crippen molar-refractivity contribution in [1.29, 1.82) is 0 Å². The lowest BCUT2D eigenvalue weighted by Crippen LogP contribution is -2.52. The Labute approximate surface area is 189 Å². The van der Waals surface area contributed by atoms with E-state index in [4.69, 9.17) is 4.99 Å². The van der Waals surface area contributed by atoms with E-state index in [2.05, 4.69) is 44.5 Å². The van der Waals surface area contributed by atoms with Gasteiger partial charge < -0.3 is 20.0 Å². The van der Waals surface area contributed by atoms with Crippen LogP contribution in [0.5, 0.6) is 0 Å². The van der Waals surface area contributed by atoms with Gasteiger partial charge in [0.25, 0.3) is 0 Å². The molecule has 2 aliphatic rings. The van der Waals surface area contributed by atoms with E-state index in [1.54, 1.807) is 6.92 Å². The van der Waals surface area contributed by atoms with Crippen molar-refractivity contribution in [1.82, 2.24) is 20.0 Å². The number of guanidine groups is 1. The van der Waals surface area contributed by atoms with E-state index in [0.717, 1.165) is 78.0 Å². The lowest BCUT2D eigenvalue weighted by Gasteiger charge is -2.37. The average molecular weight is 520 g/mol. The number of nitrogens with one attached hydrogen (secondary N) is 1. The molecule has 2 saturated heterocycles. The van der Waals surface area contributed by atoms with Gasteiger partial charge >= 0.3 is 0 Å². The fraction of sp³-hybridized carbons (Fsp3) is 0.684. The maximum atomic E-state index is 11.4. The monoisotopic (exact) mass is 520 g/mol. The molecule has 3 rings (SSSR count). The van der Waals surface area contributed by atoms with E-state index >= 15 is 0 Å². The number of halogens is 1. The van der Waals surface area contributed by atoms with Crippen molar-refractivity contribution in [2.45, 2.75) is 13.8 Å². The lowest BCUT2D eigenvalue weighted by molar-refractivity contribution is -0.130. The molecule has 2 aliphatic heterocycles. The normalized spacial score (nSPS) is 18.8. The van der Waals surface area contributed by atoms with E-state index in [0.29, 0.717) is 0 Å². The summed E-state index contributed by atoms with van der Waals surface area (Å²) in [6.45, 7) is 14.1. The van der Waals surface area contributed by atoms with E-state index in [1.165, 1.54) is 5.00 Å². The average Bonchev–Trinajstić information content (AvgIpc) is 3.23. The molecule has 0 aliphatic carbocycles. The molecule has 1 aromatic rings. The highest BCUT2D eigenvalue weighted by Crippen LogP contribution is 2.22. The third-order valence-electron chi connectivity index (χ3n) is 5.23. The molecule has 0 unspecified atom stereocenters. The van der Waals surface area contributed by atoms with E-state index in [1.807, 2.05) is 16.2 Å². The molecule has 0 aromatic carbocycles. The third-order valence-corrected chi connectivity index (χ3v) is 6.16. The smallest absolute Gasteiger partial charge is 0.219 e. The minimum Gasteiger partial charge on any atom is -0.360 e. The van der Waals surface area contributed by atoms with Crippen LogP contribution in [-0.4, -0.2) is 98.6 Å². The predicted octanol–water partition coefficient (Wildman–Crippen LogP) is 1.62. The first-order valence-electron chi connectivity index (χ1n) is 9.97. The highest BCUT2D eigenvalue weighted by Gasteiger charge is 2.21. The van der Waals surface area contributed by atoms with Gasteiger partial charge in [-0.15, -0.1) is 35.3 Å². The van der Waals surface area contributed by atoms with Gasteiger partial charge in [-0.3, -0.25) is 14.7 Å². The molecule has 158 valence electrons. The maximum absolute atomic E-state index is 11.4. The summed E-state index contributed by atoms with van der Waals surface area (Å²) in [7, 11) is 0. The summed E-state index contributed by atoms with van der Waals surface area (Å²) >= 11 is 1.81. The topological polar surface area (TPSA) is 54.4 Å². The fourth-order valence-corrected chi connectivity index (χ4v) is 4.38. The second kappa shape index (κ2) is 11.8. The molecule has 0 bridgehead atoms. The van der Waals surface area contributed by atoms with Crippen molar-refractivity contribution in [2.24, 2.45) is 4.99 Å². The molecule has 1 aromatic heterocycles. The zero-order valence-corrected chi connectivity index (χ0v) is 20.1. The third kappa shape index (κ3) is 6.48. The summed E-state index contributed by atoms with van der Waals surface area (Å²) < 4.78 is 0. The number of rotatable bonds is 5. The van der Waals surface area contributed by atoms with E-state index in [-0.39, 0.29) is 29.9 Å². The van der Waals surface area contributed by atoms with Crippen molar-refractivity contribution in [3.8, 4) is 0 Å². The van der Waals surface area contributed by atoms with Gasteiger partial charge in [-0.1, -0.05) is 0 Å². The number of hydrogen-bond donors (Lipinski definition) is 1. The van der Waals surface area contributed by atoms with Crippen LogP contribution in [0.1, 0.15) is 13.8 Å². The number of thiophene rings is 1. The molecule has 9 heteroatoms. The molecular weight excluding hydrogens is 487 g/mol. The Morgan fingerprint density at radius 2 is 1.79 bits per heavy atom. The second-order valence-electron chi connectivity index (χ2n) is 7.01. The first-order valence-corrected chi connectivity index (χ1v) is 10.8. The summed E-state index contributed by atoms with van der Waals surface area (Å²) in [5.41, 5.74) is 0. The molecule has 7 nitrogen and oxygen atoms in total. The summed E-state index contributed by atoms with van der Waals surface area (Å²) in [6, 6.07) is 4.32. The van der Waals surface area contributed by atoms with Crippen molar-refractivity contribution < 1.29 is 4.79 Å². The molecule has 0 radical (unpaired) electrons. The lowest BCUT2D eigenvalue weighted by atomic mass is 10.3. The van der Waals surface area contributed by atoms with Gasteiger partial charge in [0.1, 0.15) is 0 Å². The van der Waals surface area contributed by atoms with Gasteiger partial charge in [-0.25, -0.2) is 0 Å². The van der Waals surface area contributed by atoms with Crippen LogP contribution in [-0.2, 0) is 4.79 Å². The molecule has 2 fully saturated rings. The zero-order valence-electron chi connectivity index (χ0n) is 17.0. The predicted molar refractivity (Wildman–Crippen MR) is 128 cm³/mol. The fourth-order valence-electron chi connectivity index (χ4n) is 3.60. The van der Waals surface area contributed by atoms with Gasteiger partial charge in [0.05, 0.1) is 11.5 Å². The SMILES string of the molecule is CCNC(=NCCN1CCN(C(C)=O)CC1)N1CCN(c2cccs2)CC1.I. The number of amides is 1. The molecular formula is C19H33IN6OS. The summed E-state index contributed by atoms with van der Waals surface area (Å²) in [4.78, 5) is 25.5. The Balaban J connectivity index is 0.00000280. The standard InChI is InChI=1S/C19H32N6OS.HI/c1-3-20-19(21-6-7-22-8-10-23(11-9-22)17(2)26)25-14-12-24(13-15-25)18-5-4-16-27-18;/h4-5,16H,3,6-15H2,1-2H3,(H,20,21);1H. The van der Waals surface area contributed by atoms with Crippen molar-refractivity contribution in [3.63, 3.8) is 0 Å². The molecule has 0 atom stereocenters. The molecule has 0 saturated carbocycles. The zero-order chi connectivity index (χ0) is 19.1. The Hall–Kier alpha value is -1.07. The van der Waals surface area contributed by atoms with Crippen molar-refractivity contribution >= 4 is 52.2 Å². The number of anilines is 1. The van der Waals surface area contributed by atoms with Crippen LogP contribution in [0.2, 0.25) is 0 Å². The number of nitrogens with zero attached hydrogens (tertiary/aromatic N) is 5. The van der Waals surface area contributed by atoms with Crippen LogP contribution in [0.4, 0.5) is 5.00 Å². The Kier molecular flexibility index (Phi) is 9.80. The highest BCUT2D eigenvalue weighted by molar-refractivity contribution is 14.0. The van der Waals surface area contributed by atoms with E-state index < -0.39 is 0 Å². The second-order valence-corrected chi connectivity index (χ2v) is 7.93. The van der Waals surface area contributed by atoms with Crippen molar-refractivity contribution in [2.75, 3.05) is 76.9 Å². The number of hydrogen-bond acceptors (Lipinski definition) is 5. The minimum atomic E-state index is 0. The van der Waals surface area contributed by atoms with Crippen LogP contribution >= 0.6 is 35.3 Å². The summed E-state index contributed by atoms with van der Waals surface area (Å²) in [5.74, 6) is 1.22. The van der Waals surface area contributed by atoms with Gasteiger partial charge in [0.15, 0.2) is 5.96 Å². The Bertz CT molecular complexity index is 610. The Morgan fingerprint density at radius 1 is 1.11 bits per heavy atom. The van der Waals surface area contributed by atoms with Crippen LogP contribution in [0.15, 0.2) is 22.5 Å². The highest BCUT2D eigenvalue weighted by atomic mass is 127. The van der Waals surface area contributed by atoms with Gasteiger partial charge in [0.2, 0.25) is 5.91 Å². The first kappa shape index (κ1) is 23.2. The number of aliphatic imine (C=N–C) groups is 1. The summed E-state index contributed by atoms with van der Waals surface area (Å²) in [6.07, 6.45) is 0. The quantitative estimate of drug-likeness (QED) is 0.364. The number of carbonyl (C=O) groups excluding carboxylic acids is 1. The van der Waals surface area contributed by atoms with Crippen LogP contribution in [0.3, 0.4) is 0 Å². The van der Waals surface area contributed by atoms with Crippen LogP contribution < -0.4 is 10.2 Å². The van der Waals surface area contributed by atoms with Gasteiger partial charge in [-0.05, 0) is 24.4 Å². The van der Waals surface area contributed by atoms with Crippen LogP contribution in [0, 0.1) is 0 Å². The van der Waals surface area contributed by atoms with Gasteiger partial charge in [0, 0.05) is 72.4 Å². The molecule has 28 heavy (non-hydrogen) atoms. The minimum absolute atomic E-state index is 0. The number of piperazine rings is 2. The van der Waals surface area contributed by atoms with Crippen molar-refractivity contribution in [3.05, 3.63) is 17.5 Å². The van der Waals surface area contributed by atoms with Gasteiger partial charge in [-0.2, -0.15) is 0 Å². The van der Waals surface area contributed by atoms with E-state index in [9.17, 15) is 4.79 Å². The molecule has 1 amide bonds. The maximum Gasteiger partial charge on any atom is 0.219 e. The molecule has 1 N–H and O–H groups in total. The summed E-state index contributed by atoms with van der Waals surface area (Å²) in [5, 5.41) is 6.95. The first-order chi connectivity index (χ1) is 13.2. The molecule has 0 spiro atoms. The van der Waals surface area contributed by atoms with Crippen LogP contribution in [0.25, 0.3) is 0 Å². The Morgan fingerprint density at radius 3 is 2.36 bits per heavy atom. The number of carbonyl (C=O) groups is 1. The molecule has 3 heterocycles.